The van der Waals surface area contributed by atoms with E-state index >= 15 is 0 Å². The molecule has 0 bridgehead atoms. The average molecular weight is 455 g/mol. The summed E-state index contributed by atoms with van der Waals surface area (Å²) in [5.41, 5.74) is 1.53. The van der Waals surface area contributed by atoms with Crippen LogP contribution in [0.4, 0.5) is 5.69 Å². The Bertz CT molecular complexity index is 973. The molecule has 7 nitrogen and oxygen atoms in total. The number of benzene rings is 2. The zero-order valence-electron chi connectivity index (χ0n) is 18.8. The van der Waals surface area contributed by atoms with Gasteiger partial charge in [0.2, 0.25) is 0 Å². The minimum Gasteiger partial charge on any atom is -0.491 e. The van der Waals surface area contributed by atoms with E-state index in [1.165, 1.54) is 0 Å². The van der Waals surface area contributed by atoms with Crippen LogP contribution in [-0.2, 0) is 0 Å². The standard InChI is InChI=1S/C24H30N4O3S/c1-4-17(2)31-19-9-7-8-18(16-19)22(29)26-24(32)25-21-11-6-5-10-20(21)23(30)28-14-12-27(3)13-15-28/h5-11,16-17H,4,12-15H2,1-3H3,(H2,25,26,29,32). The molecule has 170 valence electrons. The van der Waals surface area contributed by atoms with Gasteiger partial charge in [0.15, 0.2) is 5.11 Å². The lowest BCUT2D eigenvalue weighted by molar-refractivity contribution is 0.0665. The third-order valence-corrected chi connectivity index (χ3v) is 5.64. The summed E-state index contributed by atoms with van der Waals surface area (Å²) >= 11 is 5.35. The molecular weight excluding hydrogens is 424 g/mol. The summed E-state index contributed by atoms with van der Waals surface area (Å²) in [6.07, 6.45) is 0.932. The van der Waals surface area contributed by atoms with Crippen LogP contribution in [0.15, 0.2) is 48.5 Å². The molecule has 1 saturated heterocycles. The molecule has 0 radical (unpaired) electrons. The fraction of sp³-hybridized carbons (Fsp3) is 0.375. The average Bonchev–Trinajstić information content (AvgIpc) is 2.79. The van der Waals surface area contributed by atoms with E-state index in [-0.39, 0.29) is 23.0 Å². The van der Waals surface area contributed by atoms with E-state index in [0.29, 0.717) is 35.7 Å². The van der Waals surface area contributed by atoms with Crippen molar-refractivity contribution in [1.82, 2.24) is 15.1 Å². The van der Waals surface area contributed by atoms with E-state index in [2.05, 4.69) is 15.5 Å². The van der Waals surface area contributed by atoms with E-state index in [9.17, 15) is 9.59 Å². The molecule has 1 aliphatic heterocycles. The van der Waals surface area contributed by atoms with Gasteiger partial charge in [-0.05, 0) is 62.9 Å². The van der Waals surface area contributed by atoms with Crippen LogP contribution < -0.4 is 15.4 Å². The van der Waals surface area contributed by atoms with E-state index in [0.717, 1.165) is 19.5 Å². The van der Waals surface area contributed by atoms with Gasteiger partial charge in [0, 0.05) is 31.7 Å². The molecule has 2 N–H and O–H groups in total. The number of thiocarbonyl (C=S) groups is 1. The van der Waals surface area contributed by atoms with Crippen LogP contribution in [0, 0.1) is 0 Å². The van der Waals surface area contributed by atoms with Crippen LogP contribution in [0.25, 0.3) is 0 Å². The number of piperazine rings is 1. The van der Waals surface area contributed by atoms with Crippen molar-refractivity contribution in [3.8, 4) is 5.75 Å². The Morgan fingerprint density at radius 3 is 2.53 bits per heavy atom. The Morgan fingerprint density at radius 1 is 1.09 bits per heavy atom. The first-order valence-electron chi connectivity index (χ1n) is 10.8. The first-order valence-corrected chi connectivity index (χ1v) is 11.2. The van der Waals surface area contributed by atoms with Crippen molar-refractivity contribution in [1.29, 1.82) is 0 Å². The first kappa shape index (κ1) is 23.7. The highest BCUT2D eigenvalue weighted by Gasteiger charge is 2.22. The molecule has 8 heteroatoms. The third-order valence-electron chi connectivity index (χ3n) is 5.43. The number of para-hydroxylation sites is 1. The Hall–Kier alpha value is -2.97. The number of amides is 2. The van der Waals surface area contributed by atoms with Crippen LogP contribution in [-0.4, -0.2) is 66.1 Å². The van der Waals surface area contributed by atoms with Crippen molar-refractivity contribution in [3.63, 3.8) is 0 Å². The molecule has 1 fully saturated rings. The fourth-order valence-electron chi connectivity index (χ4n) is 3.31. The molecular formula is C24H30N4O3S. The highest BCUT2D eigenvalue weighted by atomic mass is 32.1. The molecule has 2 aromatic carbocycles. The molecule has 1 heterocycles. The Morgan fingerprint density at radius 2 is 1.81 bits per heavy atom. The lowest BCUT2D eigenvalue weighted by Crippen LogP contribution is -2.47. The molecule has 0 aromatic heterocycles. The molecule has 2 amide bonds. The van der Waals surface area contributed by atoms with Crippen molar-refractivity contribution in [2.45, 2.75) is 26.4 Å². The Balaban J connectivity index is 1.65. The second-order valence-electron chi connectivity index (χ2n) is 7.91. The fourth-order valence-corrected chi connectivity index (χ4v) is 3.52. The number of rotatable bonds is 6. The maximum Gasteiger partial charge on any atom is 0.257 e. The number of carbonyl (C=O) groups is 2. The number of nitrogens with zero attached hydrogens (tertiary/aromatic N) is 2. The van der Waals surface area contributed by atoms with E-state index in [4.69, 9.17) is 17.0 Å². The number of ether oxygens (including phenoxy) is 1. The second kappa shape index (κ2) is 11.1. The van der Waals surface area contributed by atoms with E-state index in [1.54, 1.807) is 30.3 Å². The minimum atomic E-state index is -0.347. The number of carbonyl (C=O) groups excluding carboxylic acids is 2. The third kappa shape index (κ3) is 6.27. The van der Waals surface area contributed by atoms with Crippen molar-refractivity contribution in [3.05, 3.63) is 59.7 Å². The van der Waals surface area contributed by atoms with Gasteiger partial charge in [-0.15, -0.1) is 0 Å². The van der Waals surface area contributed by atoms with Gasteiger partial charge in [0.1, 0.15) is 5.75 Å². The van der Waals surface area contributed by atoms with Crippen LogP contribution in [0.3, 0.4) is 0 Å². The normalized spacial score (nSPS) is 15.0. The van der Waals surface area contributed by atoms with Gasteiger partial charge in [-0.1, -0.05) is 25.1 Å². The van der Waals surface area contributed by atoms with Gasteiger partial charge < -0.3 is 19.9 Å². The maximum atomic E-state index is 13.0. The minimum absolute atomic E-state index is 0.0507. The predicted molar refractivity (Wildman–Crippen MR) is 130 cm³/mol. The summed E-state index contributed by atoms with van der Waals surface area (Å²) in [6, 6.07) is 14.2. The van der Waals surface area contributed by atoms with Gasteiger partial charge in [-0.3, -0.25) is 14.9 Å². The summed E-state index contributed by atoms with van der Waals surface area (Å²) in [6.45, 7) is 7.06. The number of anilines is 1. The van der Waals surface area contributed by atoms with Crippen molar-refractivity contribution >= 4 is 34.8 Å². The van der Waals surface area contributed by atoms with Crippen molar-refractivity contribution < 1.29 is 14.3 Å². The zero-order chi connectivity index (χ0) is 23.1. The summed E-state index contributed by atoms with van der Waals surface area (Å²) in [5.74, 6) is 0.235. The summed E-state index contributed by atoms with van der Waals surface area (Å²) < 4.78 is 5.79. The topological polar surface area (TPSA) is 73.9 Å². The molecule has 1 aliphatic rings. The predicted octanol–water partition coefficient (Wildman–Crippen LogP) is 3.38. The molecule has 1 atom stereocenters. The smallest absolute Gasteiger partial charge is 0.257 e. The van der Waals surface area contributed by atoms with Gasteiger partial charge in [0.25, 0.3) is 11.8 Å². The summed E-state index contributed by atoms with van der Waals surface area (Å²) in [4.78, 5) is 29.7. The Kier molecular flexibility index (Phi) is 8.19. The number of nitrogens with one attached hydrogen (secondary N) is 2. The lowest BCUT2D eigenvalue weighted by Gasteiger charge is -2.32. The molecule has 0 saturated carbocycles. The van der Waals surface area contributed by atoms with Gasteiger partial charge in [-0.2, -0.15) is 0 Å². The summed E-state index contributed by atoms with van der Waals surface area (Å²) in [5, 5.41) is 5.82. The van der Waals surface area contributed by atoms with Crippen LogP contribution in [0.5, 0.6) is 5.75 Å². The Labute approximate surface area is 194 Å². The number of hydrogen-bond donors (Lipinski definition) is 2. The van der Waals surface area contributed by atoms with Gasteiger partial charge in [0.05, 0.1) is 17.4 Å². The largest absolute Gasteiger partial charge is 0.491 e. The van der Waals surface area contributed by atoms with Crippen LogP contribution in [0.2, 0.25) is 0 Å². The summed E-state index contributed by atoms with van der Waals surface area (Å²) in [7, 11) is 2.05. The monoisotopic (exact) mass is 454 g/mol. The highest BCUT2D eigenvalue weighted by molar-refractivity contribution is 7.80. The van der Waals surface area contributed by atoms with Crippen molar-refractivity contribution in [2.24, 2.45) is 0 Å². The number of hydrogen-bond acceptors (Lipinski definition) is 5. The molecule has 2 aromatic rings. The van der Waals surface area contributed by atoms with E-state index in [1.807, 2.05) is 44.0 Å². The van der Waals surface area contributed by atoms with Gasteiger partial charge >= 0.3 is 0 Å². The molecule has 1 unspecified atom stereocenters. The number of likely N-dealkylation sites (N-methyl/N-ethyl adjacent to an activating group) is 1. The van der Waals surface area contributed by atoms with Crippen molar-refractivity contribution in [2.75, 3.05) is 38.5 Å². The second-order valence-corrected chi connectivity index (χ2v) is 8.32. The van der Waals surface area contributed by atoms with Crippen LogP contribution in [0.1, 0.15) is 41.0 Å². The lowest BCUT2D eigenvalue weighted by atomic mass is 10.1. The SMILES string of the molecule is CCC(C)Oc1cccc(C(=O)NC(=S)Nc2ccccc2C(=O)N2CCN(C)CC2)c1. The molecule has 3 rings (SSSR count). The zero-order valence-corrected chi connectivity index (χ0v) is 19.6. The molecule has 32 heavy (non-hydrogen) atoms. The molecule has 0 spiro atoms. The van der Waals surface area contributed by atoms with E-state index < -0.39 is 0 Å². The highest BCUT2D eigenvalue weighted by Crippen LogP contribution is 2.19. The quantitative estimate of drug-likeness (QED) is 0.652. The maximum absolute atomic E-state index is 13.0. The molecule has 0 aliphatic carbocycles. The first-order chi connectivity index (χ1) is 15.4. The van der Waals surface area contributed by atoms with Crippen LogP contribution >= 0.6 is 12.2 Å². The van der Waals surface area contributed by atoms with Gasteiger partial charge in [-0.25, -0.2) is 0 Å².